The third kappa shape index (κ3) is 3.80. The molecule has 49 heavy (non-hydrogen) atoms. The Balaban J connectivity index is 1.56. The Hall–Kier alpha value is -7.81. The van der Waals surface area contributed by atoms with Gasteiger partial charge in [0.15, 0.2) is 0 Å². The molecule has 0 amide bonds. The maximum Gasteiger partial charge on any atom is 0.149 e. The van der Waals surface area contributed by atoms with E-state index in [0.717, 1.165) is 5.70 Å². The first-order chi connectivity index (χ1) is 24.1. The molecule has 14 heteroatoms. The van der Waals surface area contributed by atoms with Crippen molar-refractivity contribution in [2.24, 2.45) is 5.73 Å². The number of nitrogens with two attached hydrogens (primary N) is 1. The van der Waals surface area contributed by atoms with Gasteiger partial charge in [0, 0.05) is 46.2 Å². The highest BCUT2D eigenvalue weighted by Gasteiger charge is 2.42. The highest BCUT2D eigenvalue weighted by molar-refractivity contribution is 6.15. The summed E-state index contributed by atoms with van der Waals surface area (Å²) in [7, 11) is 0. The molecule has 0 aromatic carbocycles. The van der Waals surface area contributed by atoms with Crippen molar-refractivity contribution in [1.29, 1.82) is 21.0 Å². The highest BCUT2D eigenvalue weighted by atomic mass is 15.1. The van der Waals surface area contributed by atoms with E-state index >= 15 is 0 Å². The van der Waals surface area contributed by atoms with E-state index in [1.54, 1.807) is 41.5 Å². The van der Waals surface area contributed by atoms with Crippen LogP contribution < -0.4 is 5.73 Å². The quantitative estimate of drug-likeness (QED) is 0.205. The summed E-state index contributed by atoms with van der Waals surface area (Å²) in [6, 6.07) is 11.8. The minimum Gasteiger partial charge on any atom is -0.405 e. The van der Waals surface area contributed by atoms with Crippen molar-refractivity contribution in [3.05, 3.63) is 102 Å². The van der Waals surface area contributed by atoms with Crippen LogP contribution in [-0.4, -0.2) is 44.0 Å². The minimum atomic E-state index is -0.186. The van der Waals surface area contributed by atoms with Gasteiger partial charge in [0.1, 0.15) is 82.1 Å². The molecule has 2 aliphatic carbocycles. The van der Waals surface area contributed by atoms with Gasteiger partial charge < -0.3 is 5.73 Å². The van der Waals surface area contributed by atoms with Gasteiger partial charge in [-0.1, -0.05) is 6.92 Å². The number of nitrogens with zero attached hydrogens (tertiary/aromatic N) is 13. The number of pyridine rings is 1. The Morgan fingerprint density at radius 2 is 1.37 bits per heavy atom. The van der Waals surface area contributed by atoms with Crippen molar-refractivity contribution in [1.82, 2.24) is 44.0 Å². The first kappa shape index (κ1) is 28.6. The summed E-state index contributed by atoms with van der Waals surface area (Å²) in [5.74, 6) is 0. The van der Waals surface area contributed by atoms with E-state index in [9.17, 15) is 21.0 Å². The van der Waals surface area contributed by atoms with E-state index in [-0.39, 0.29) is 33.7 Å². The molecule has 0 radical (unpaired) electrons. The van der Waals surface area contributed by atoms with Gasteiger partial charge in [0.25, 0.3) is 0 Å². The zero-order chi connectivity index (χ0) is 33.8. The molecular weight excluding hydrogens is 616 g/mol. The third-order valence-corrected chi connectivity index (χ3v) is 8.48. The van der Waals surface area contributed by atoms with Crippen LogP contribution in [0.4, 0.5) is 0 Å². The molecule has 0 saturated heterocycles. The Labute approximate surface area is 277 Å². The number of rotatable bonds is 4. The van der Waals surface area contributed by atoms with Crippen LogP contribution >= 0.6 is 0 Å². The van der Waals surface area contributed by atoms with Gasteiger partial charge in [-0.3, -0.25) is 14.1 Å². The van der Waals surface area contributed by atoms with Crippen LogP contribution in [0, 0.1) is 45.3 Å². The summed E-state index contributed by atoms with van der Waals surface area (Å²) in [6.07, 6.45) is 14.9. The van der Waals surface area contributed by atoms with E-state index < -0.39 is 0 Å². The molecule has 2 N–H and O–H groups in total. The van der Waals surface area contributed by atoms with Gasteiger partial charge in [-0.25, -0.2) is 29.9 Å². The van der Waals surface area contributed by atoms with Crippen molar-refractivity contribution in [2.45, 2.75) is 13.3 Å². The molecule has 228 valence electrons. The average Bonchev–Trinajstić information content (AvgIpc) is 3.85. The second kappa shape index (κ2) is 10.9. The van der Waals surface area contributed by atoms with Crippen LogP contribution in [0.3, 0.4) is 0 Å². The zero-order valence-corrected chi connectivity index (χ0v) is 25.4. The summed E-state index contributed by atoms with van der Waals surface area (Å²) < 4.78 is 3.67. The number of fused-ring (bicyclic) bond motifs is 10. The van der Waals surface area contributed by atoms with Crippen molar-refractivity contribution in [3.8, 4) is 52.5 Å². The van der Waals surface area contributed by atoms with E-state index in [4.69, 9.17) is 15.7 Å². The lowest BCUT2D eigenvalue weighted by atomic mass is 10.1. The van der Waals surface area contributed by atoms with Crippen molar-refractivity contribution in [2.75, 3.05) is 0 Å². The van der Waals surface area contributed by atoms with E-state index in [0.29, 0.717) is 68.1 Å². The van der Waals surface area contributed by atoms with Gasteiger partial charge in [-0.2, -0.15) is 21.0 Å². The fourth-order valence-electron chi connectivity index (χ4n) is 6.64. The molecule has 2 aliphatic rings. The number of allylic oxidation sites excluding steroid dienone is 5. The third-order valence-electron chi connectivity index (χ3n) is 8.48. The molecule has 6 heterocycles. The lowest BCUT2D eigenvalue weighted by molar-refractivity contribution is 1.01. The largest absolute Gasteiger partial charge is 0.405 e. The van der Waals surface area contributed by atoms with Gasteiger partial charge in [-0.05, 0) is 36.9 Å². The lowest BCUT2D eigenvalue weighted by Gasteiger charge is -2.13. The summed E-state index contributed by atoms with van der Waals surface area (Å²) in [5.41, 5.74) is 11.6. The molecule has 0 saturated carbocycles. The van der Waals surface area contributed by atoms with Crippen LogP contribution in [0.5, 0.6) is 0 Å². The van der Waals surface area contributed by atoms with Crippen LogP contribution in [-0.2, 0) is 0 Å². The predicted octanol–water partition coefficient (Wildman–Crippen LogP) is 4.73. The van der Waals surface area contributed by atoms with Crippen molar-refractivity contribution < 1.29 is 0 Å². The summed E-state index contributed by atoms with van der Waals surface area (Å²) >= 11 is 0. The number of aromatic nitrogens is 9. The monoisotopic (exact) mass is 634 g/mol. The number of nitriles is 4. The Morgan fingerprint density at radius 1 is 0.776 bits per heavy atom. The number of hydrogen-bond acceptors (Lipinski definition) is 12. The predicted molar refractivity (Wildman–Crippen MR) is 177 cm³/mol. The SMILES string of the molecule is CC/C(=C\C=C/N)n1c2c(c3cncnc31)-c1nc3c(nc1C2=C(C#N)C#N)-c1c(n(-c2cccnc2)c2ncncc12)C3=C(C#N)C#N. The first-order valence-electron chi connectivity index (χ1n) is 14.8. The molecule has 8 rings (SSSR count). The molecule has 0 aliphatic heterocycles. The van der Waals surface area contributed by atoms with Gasteiger partial charge in [-0.15, -0.1) is 0 Å². The van der Waals surface area contributed by atoms with Crippen LogP contribution in [0.1, 0.15) is 36.1 Å². The summed E-state index contributed by atoms with van der Waals surface area (Å²) in [4.78, 5) is 32.3. The Morgan fingerprint density at radius 3 is 1.94 bits per heavy atom. The minimum absolute atomic E-state index is 0.180. The normalized spacial score (nSPS) is 12.6. The Kier molecular flexibility index (Phi) is 6.38. The number of hydrogen-bond donors (Lipinski definition) is 1. The molecule has 0 fully saturated rings. The summed E-state index contributed by atoms with van der Waals surface area (Å²) in [6.45, 7) is 1.96. The fraction of sp³-hybridized carbons (Fsp3) is 0.0571. The Bertz CT molecular complexity index is 2720. The maximum atomic E-state index is 10.3. The molecule has 0 spiro atoms. The lowest BCUT2D eigenvalue weighted by Crippen LogP contribution is -2.05. The first-order valence-corrected chi connectivity index (χ1v) is 14.8. The second-order valence-electron chi connectivity index (χ2n) is 10.8. The van der Waals surface area contributed by atoms with Crippen LogP contribution in [0.15, 0.2) is 79.1 Å². The highest BCUT2D eigenvalue weighted by Crippen LogP contribution is 2.55. The van der Waals surface area contributed by atoms with Crippen molar-refractivity contribution >= 4 is 38.9 Å². The van der Waals surface area contributed by atoms with E-state index in [1.165, 1.54) is 18.9 Å². The maximum absolute atomic E-state index is 10.3. The van der Waals surface area contributed by atoms with Gasteiger partial charge in [0.05, 0.1) is 34.4 Å². The molecule has 6 aromatic rings. The zero-order valence-electron chi connectivity index (χ0n) is 25.4. The van der Waals surface area contributed by atoms with E-state index in [2.05, 4.69) is 37.1 Å². The molecule has 0 unspecified atom stereocenters. The fourth-order valence-corrected chi connectivity index (χ4v) is 6.64. The summed E-state index contributed by atoms with van der Waals surface area (Å²) in [5, 5.41) is 42.3. The topological polar surface area (TPSA) is 221 Å². The van der Waals surface area contributed by atoms with E-state index in [1.807, 2.05) is 35.8 Å². The average molecular weight is 635 g/mol. The van der Waals surface area contributed by atoms with Gasteiger partial charge >= 0.3 is 0 Å². The molecule has 0 bridgehead atoms. The van der Waals surface area contributed by atoms with Crippen LogP contribution in [0.2, 0.25) is 0 Å². The molecule has 14 nitrogen and oxygen atoms in total. The van der Waals surface area contributed by atoms with Crippen molar-refractivity contribution in [3.63, 3.8) is 0 Å². The second-order valence-corrected chi connectivity index (χ2v) is 10.8. The molecule has 6 aromatic heterocycles. The van der Waals surface area contributed by atoms with Crippen LogP contribution in [0.25, 0.3) is 67.1 Å². The molecular formula is C35H18N14. The standard InChI is InChI=1S/C35H18N14/c1-2-20(5-3-7-36)48-32-24(18(9-37)10-38)28-30(26(32)22-14-42-16-44-34(22)48)47-29-25(19(11-39)12-40)33-27(31(29)46-28)23-15-43-17-45-35(23)49(33)21-6-4-8-41-13-21/h3-8,13-17H,2,36H2,1H3/b7-3-,20-5+. The van der Waals surface area contributed by atoms with Gasteiger partial charge in [0.2, 0.25) is 0 Å². The smallest absolute Gasteiger partial charge is 0.149 e. The molecule has 0 atom stereocenters.